The summed E-state index contributed by atoms with van der Waals surface area (Å²) in [5, 5.41) is 8.09. The van der Waals surface area contributed by atoms with Gasteiger partial charge in [0.25, 0.3) is 0 Å². The van der Waals surface area contributed by atoms with Gasteiger partial charge in [0.05, 0.1) is 13.1 Å². The fourth-order valence-electron chi connectivity index (χ4n) is 3.80. The minimum atomic E-state index is -5.30. The summed E-state index contributed by atoms with van der Waals surface area (Å²) in [4.78, 5) is 27.3. The van der Waals surface area contributed by atoms with Crippen LogP contribution >= 0.6 is 7.82 Å². The predicted octanol–water partition coefficient (Wildman–Crippen LogP) is 4.30. The summed E-state index contributed by atoms with van der Waals surface area (Å²) >= 11 is 0. The second kappa shape index (κ2) is 12.4. The fourth-order valence-corrected chi connectivity index (χ4v) is 4.47. The zero-order chi connectivity index (χ0) is 30.5. The van der Waals surface area contributed by atoms with E-state index in [0.717, 1.165) is 27.8 Å². The van der Waals surface area contributed by atoms with Gasteiger partial charge < -0.3 is 14.5 Å². The summed E-state index contributed by atoms with van der Waals surface area (Å²) in [6.45, 7) is -2.48. The Morgan fingerprint density at radius 2 is 1.71 bits per heavy atom. The van der Waals surface area contributed by atoms with Crippen molar-refractivity contribution >= 4 is 20.0 Å². The maximum absolute atomic E-state index is 15.0. The van der Waals surface area contributed by atoms with Crippen LogP contribution in [0.1, 0.15) is 17.0 Å². The second-order valence-electron chi connectivity index (χ2n) is 8.85. The van der Waals surface area contributed by atoms with E-state index in [2.05, 4.69) is 20.2 Å². The van der Waals surface area contributed by atoms with Gasteiger partial charge in [-0.25, -0.2) is 41.5 Å². The number of halogens is 6. The van der Waals surface area contributed by atoms with Crippen LogP contribution in [0.25, 0.3) is 12.2 Å². The lowest BCUT2D eigenvalue weighted by Gasteiger charge is -2.34. The number of hydrogen-bond acceptors (Lipinski definition) is 7. The molecule has 2 aromatic carbocycles. The molecule has 42 heavy (non-hydrogen) atoms. The largest absolute Gasteiger partial charge is 0.487 e. The van der Waals surface area contributed by atoms with Crippen LogP contribution in [0.4, 0.5) is 26.3 Å². The van der Waals surface area contributed by atoms with E-state index in [1.165, 1.54) is 49.1 Å². The van der Waals surface area contributed by atoms with Gasteiger partial charge in [-0.05, 0) is 29.8 Å². The van der Waals surface area contributed by atoms with Crippen LogP contribution in [-0.4, -0.2) is 58.3 Å². The first-order chi connectivity index (χ1) is 19.7. The number of rotatable bonds is 13. The Morgan fingerprint density at radius 1 is 1.00 bits per heavy atom. The lowest BCUT2D eigenvalue weighted by atomic mass is 9.93. The van der Waals surface area contributed by atoms with Crippen LogP contribution < -0.4 is 4.74 Å². The normalized spacial score (nSPS) is 14.0. The third kappa shape index (κ3) is 8.03. The highest BCUT2D eigenvalue weighted by Crippen LogP contribution is 2.47. The molecule has 1 unspecified atom stereocenters. The number of phosphoric ester groups is 1. The van der Waals surface area contributed by atoms with E-state index in [0.29, 0.717) is 11.6 Å². The molecule has 224 valence electrons. The maximum Gasteiger partial charge on any atom is 0.470 e. The molecule has 11 nitrogen and oxygen atoms in total. The highest BCUT2D eigenvalue weighted by molar-refractivity contribution is 7.46. The third-order valence-electron chi connectivity index (χ3n) is 5.63. The molecule has 0 aliphatic heterocycles. The molecule has 2 aromatic heterocycles. The summed E-state index contributed by atoms with van der Waals surface area (Å²) < 4.78 is 103. The van der Waals surface area contributed by atoms with Crippen molar-refractivity contribution in [2.45, 2.75) is 31.0 Å². The Morgan fingerprint density at radius 3 is 2.33 bits per heavy atom. The monoisotopic (exact) mass is 618 g/mol. The lowest BCUT2D eigenvalue weighted by molar-refractivity contribution is -0.148. The lowest BCUT2D eigenvalue weighted by Crippen LogP contribution is -2.40. The van der Waals surface area contributed by atoms with E-state index in [1.807, 2.05) is 0 Å². The van der Waals surface area contributed by atoms with Gasteiger partial charge in [-0.3, -0.25) is 4.52 Å². The summed E-state index contributed by atoms with van der Waals surface area (Å²) in [5.74, 6) is -6.33. The van der Waals surface area contributed by atoms with Crippen molar-refractivity contribution in [3.63, 3.8) is 0 Å². The minimum Gasteiger partial charge on any atom is -0.487 e. The van der Waals surface area contributed by atoms with Gasteiger partial charge >= 0.3 is 20.2 Å². The SMILES string of the molecule is O=P(O)(O)OC(Cn1cncn1)(Cn1cnc(C=Cc2ccc(OCC(F)(F)C(F)F)cc2)n1)c1ccc(F)cc1F. The number of ether oxygens (including phenoxy) is 1. The number of benzene rings is 2. The molecule has 0 radical (unpaired) electrons. The molecule has 4 rings (SSSR count). The maximum atomic E-state index is 15.0. The topological polar surface area (TPSA) is 137 Å². The van der Waals surface area contributed by atoms with Crippen molar-refractivity contribution < 1.29 is 50.0 Å². The van der Waals surface area contributed by atoms with Crippen molar-refractivity contribution in [3.8, 4) is 5.75 Å². The number of hydrogen-bond donors (Lipinski definition) is 2. The van der Waals surface area contributed by atoms with E-state index in [-0.39, 0.29) is 11.6 Å². The van der Waals surface area contributed by atoms with E-state index in [1.54, 1.807) is 0 Å². The summed E-state index contributed by atoms with van der Waals surface area (Å²) in [5.41, 5.74) is -2.04. The highest BCUT2D eigenvalue weighted by Gasteiger charge is 2.44. The molecule has 0 fully saturated rings. The minimum absolute atomic E-state index is 0.0586. The average Bonchev–Trinajstić information content (AvgIpc) is 3.57. The zero-order valence-electron chi connectivity index (χ0n) is 21.1. The number of aromatic nitrogens is 6. The number of nitrogens with zero attached hydrogens (tertiary/aromatic N) is 6. The van der Waals surface area contributed by atoms with Gasteiger partial charge in [-0.15, -0.1) is 0 Å². The van der Waals surface area contributed by atoms with Gasteiger partial charge in [-0.1, -0.05) is 24.3 Å². The smallest absolute Gasteiger partial charge is 0.470 e. The molecule has 0 bridgehead atoms. The summed E-state index contributed by atoms with van der Waals surface area (Å²) in [7, 11) is -5.30. The average molecular weight is 618 g/mol. The summed E-state index contributed by atoms with van der Waals surface area (Å²) in [6.07, 6.45) is 2.61. The predicted molar refractivity (Wildman–Crippen MR) is 133 cm³/mol. The Kier molecular flexibility index (Phi) is 9.15. The molecule has 2 N–H and O–H groups in total. The molecular formula is C24H21F6N6O5P. The molecule has 4 aromatic rings. The van der Waals surface area contributed by atoms with Crippen molar-refractivity contribution in [3.05, 3.63) is 90.0 Å². The first-order valence-corrected chi connectivity index (χ1v) is 13.3. The Balaban J connectivity index is 1.56. The van der Waals surface area contributed by atoms with E-state index >= 15 is 0 Å². The molecule has 0 saturated heterocycles. The van der Waals surface area contributed by atoms with E-state index < -0.39 is 62.7 Å². The molecular weight excluding hydrogens is 597 g/mol. The summed E-state index contributed by atoms with van der Waals surface area (Å²) in [6, 6.07) is 7.91. The van der Waals surface area contributed by atoms with Crippen LogP contribution in [0.3, 0.4) is 0 Å². The first-order valence-electron chi connectivity index (χ1n) is 11.8. The highest BCUT2D eigenvalue weighted by atomic mass is 31.2. The van der Waals surface area contributed by atoms with Crippen molar-refractivity contribution in [1.82, 2.24) is 29.5 Å². The van der Waals surface area contributed by atoms with Crippen molar-refractivity contribution in [1.29, 1.82) is 0 Å². The van der Waals surface area contributed by atoms with Gasteiger partial charge in [0.1, 0.15) is 42.0 Å². The third-order valence-corrected chi connectivity index (χ3v) is 6.21. The Bertz CT molecular complexity index is 1560. The van der Waals surface area contributed by atoms with Crippen molar-refractivity contribution in [2.75, 3.05) is 6.61 Å². The van der Waals surface area contributed by atoms with Crippen LogP contribution in [0, 0.1) is 11.6 Å². The van der Waals surface area contributed by atoms with E-state index in [9.17, 15) is 40.7 Å². The van der Waals surface area contributed by atoms with Gasteiger partial charge in [0.15, 0.2) is 12.4 Å². The van der Waals surface area contributed by atoms with Crippen LogP contribution in [0.15, 0.2) is 61.4 Å². The molecule has 1 atom stereocenters. The van der Waals surface area contributed by atoms with Crippen LogP contribution in [-0.2, 0) is 27.8 Å². The van der Waals surface area contributed by atoms with Gasteiger partial charge in [0.2, 0.25) is 0 Å². The van der Waals surface area contributed by atoms with Gasteiger partial charge in [0, 0.05) is 11.6 Å². The standard InChI is InChI=1S/C24H21F6N6O5P/c25-17-4-7-19(20(26)9-17)23(41-42(37,38)39,10-35-14-31-13-33-35)11-36-15-32-21(34-36)8-3-16-1-5-18(6-2-16)40-12-24(29,30)22(27)28/h1-9,13-15,22H,10-12H2,(H2,37,38,39). The fraction of sp³-hybridized carbons (Fsp3) is 0.250. The zero-order valence-corrected chi connectivity index (χ0v) is 22.0. The quantitative estimate of drug-likeness (QED) is 0.166. The molecule has 0 aliphatic rings. The van der Waals surface area contributed by atoms with Crippen LogP contribution in [0.5, 0.6) is 5.75 Å². The molecule has 18 heteroatoms. The molecule has 0 saturated carbocycles. The second-order valence-corrected chi connectivity index (χ2v) is 10.0. The molecule has 0 aliphatic carbocycles. The van der Waals surface area contributed by atoms with Gasteiger partial charge in [-0.2, -0.15) is 19.0 Å². The molecule has 2 heterocycles. The molecule has 0 spiro atoms. The molecule has 0 amide bonds. The van der Waals surface area contributed by atoms with Crippen LogP contribution in [0.2, 0.25) is 0 Å². The Labute approximate surface area is 233 Å². The Hall–Kier alpha value is -4.05. The first kappa shape index (κ1) is 30.9. The number of alkyl halides is 4. The number of phosphoric acid groups is 1. The van der Waals surface area contributed by atoms with Crippen molar-refractivity contribution in [2.24, 2.45) is 0 Å². The van der Waals surface area contributed by atoms with E-state index in [4.69, 9.17) is 9.26 Å².